The normalized spacial score (nSPS) is 27.9. The molecule has 5 nitrogen and oxygen atoms in total. The molecule has 1 heterocycles. The number of hydrogen-bond acceptors (Lipinski definition) is 3. The van der Waals surface area contributed by atoms with Crippen LogP contribution in [-0.2, 0) is 18.3 Å². The summed E-state index contributed by atoms with van der Waals surface area (Å²) in [7, 11) is 1.89. The van der Waals surface area contributed by atoms with Gasteiger partial charge in [-0.2, -0.15) is 5.10 Å². The highest BCUT2D eigenvalue weighted by Crippen LogP contribution is 2.49. The van der Waals surface area contributed by atoms with E-state index in [2.05, 4.69) is 15.5 Å². The quantitative estimate of drug-likeness (QED) is 0.816. The minimum atomic E-state index is 0.194. The van der Waals surface area contributed by atoms with Crippen molar-refractivity contribution in [2.45, 2.75) is 38.5 Å². The van der Waals surface area contributed by atoms with Gasteiger partial charge in [-0.3, -0.25) is 9.89 Å². The lowest BCUT2D eigenvalue weighted by atomic mass is 9.86. The molecule has 3 atom stereocenters. The third-order valence-electron chi connectivity index (χ3n) is 4.98. The number of hydrogen-bond donors (Lipinski definition) is 2. The molecule has 0 aliphatic heterocycles. The number of aromatic nitrogens is 3. The Hall–Kier alpha value is -1.17. The third-order valence-corrected chi connectivity index (χ3v) is 5.34. The number of H-pyrrole nitrogens is 1. The van der Waals surface area contributed by atoms with E-state index in [0.29, 0.717) is 30.1 Å². The first kappa shape index (κ1) is 13.8. The van der Waals surface area contributed by atoms with E-state index >= 15 is 0 Å². The number of nitrogens with one attached hydrogen (secondary N) is 2. The SMILES string of the molecule is Cn1c(CCNC(=O)C[C@H]2C[C@H]3CC[C@H]2C3)n[nH]c1=S. The van der Waals surface area contributed by atoms with Crippen molar-refractivity contribution in [1.82, 2.24) is 20.1 Å². The zero-order chi connectivity index (χ0) is 14.1. The molecule has 2 N–H and O–H groups in total. The lowest BCUT2D eigenvalue weighted by Crippen LogP contribution is -2.29. The predicted molar refractivity (Wildman–Crippen MR) is 78.7 cm³/mol. The molecule has 2 aliphatic rings. The first-order valence-electron chi connectivity index (χ1n) is 7.50. The summed E-state index contributed by atoms with van der Waals surface area (Å²) in [5, 5.41) is 9.91. The zero-order valence-electron chi connectivity index (χ0n) is 11.9. The number of aromatic amines is 1. The smallest absolute Gasteiger partial charge is 0.220 e. The fourth-order valence-corrected chi connectivity index (χ4v) is 4.00. The summed E-state index contributed by atoms with van der Waals surface area (Å²) < 4.78 is 2.46. The van der Waals surface area contributed by atoms with Crippen LogP contribution in [0.3, 0.4) is 0 Å². The standard InChI is InChI=1S/C14H22N4OS/c1-18-12(16-17-14(18)20)4-5-15-13(19)8-11-7-9-2-3-10(11)6-9/h9-11H,2-8H2,1H3,(H,15,19)(H,17,20)/t9-,10-,11+/m0/s1. The zero-order valence-corrected chi connectivity index (χ0v) is 12.7. The summed E-state index contributed by atoms with van der Waals surface area (Å²) >= 11 is 5.06. The van der Waals surface area contributed by atoms with Gasteiger partial charge in [-0.25, -0.2) is 0 Å². The van der Waals surface area contributed by atoms with E-state index in [-0.39, 0.29) is 5.91 Å². The van der Waals surface area contributed by atoms with E-state index in [9.17, 15) is 4.79 Å². The average molecular weight is 294 g/mol. The van der Waals surface area contributed by atoms with Gasteiger partial charge in [0.2, 0.25) is 5.91 Å². The molecule has 1 aromatic rings. The highest BCUT2D eigenvalue weighted by atomic mass is 32.1. The second-order valence-corrected chi connectivity index (χ2v) is 6.63. The Morgan fingerprint density at radius 3 is 2.95 bits per heavy atom. The molecule has 0 saturated heterocycles. The molecule has 20 heavy (non-hydrogen) atoms. The molecule has 0 radical (unpaired) electrons. The fourth-order valence-electron chi connectivity index (χ4n) is 3.85. The molecule has 2 aliphatic carbocycles. The summed E-state index contributed by atoms with van der Waals surface area (Å²) in [5.41, 5.74) is 0. The van der Waals surface area contributed by atoms with Crippen LogP contribution in [0.15, 0.2) is 0 Å². The van der Waals surface area contributed by atoms with Crippen molar-refractivity contribution < 1.29 is 4.79 Å². The Balaban J connectivity index is 1.41. The van der Waals surface area contributed by atoms with E-state index in [1.54, 1.807) is 0 Å². The number of carbonyl (C=O) groups excluding carboxylic acids is 1. The average Bonchev–Trinajstić information content (AvgIpc) is 3.10. The van der Waals surface area contributed by atoms with Gasteiger partial charge in [-0.15, -0.1) is 0 Å². The lowest BCUT2D eigenvalue weighted by molar-refractivity contribution is -0.122. The predicted octanol–water partition coefficient (Wildman–Crippen LogP) is 1.96. The van der Waals surface area contributed by atoms with Crippen LogP contribution in [0.2, 0.25) is 0 Å². The summed E-state index contributed by atoms with van der Waals surface area (Å²) in [5.74, 6) is 3.44. The number of rotatable bonds is 5. The number of nitrogens with zero attached hydrogens (tertiary/aromatic N) is 2. The number of fused-ring (bicyclic) bond motifs is 2. The third kappa shape index (κ3) is 2.80. The van der Waals surface area contributed by atoms with Crippen molar-refractivity contribution in [3.05, 3.63) is 10.6 Å². The van der Waals surface area contributed by atoms with E-state index < -0.39 is 0 Å². The molecule has 0 unspecified atom stereocenters. The molecule has 2 fully saturated rings. The van der Waals surface area contributed by atoms with Crippen LogP contribution in [0.5, 0.6) is 0 Å². The summed E-state index contributed by atoms with van der Waals surface area (Å²) in [6, 6.07) is 0. The Labute approximate surface area is 124 Å². The van der Waals surface area contributed by atoms with Gasteiger partial charge in [-0.1, -0.05) is 6.42 Å². The summed E-state index contributed by atoms with van der Waals surface area (Å²) in [4.78, 5) is 12.0. The maximum Gasteiger partial charge on any atom is 0.220 e. The van der Waals surface area contributed by atoms with Crippen molar-refractivity contribution >= 4 is 18.1 Å². The topological polar surface area (TPSA) is 62.7 Å². The molecule has 6 heteroatoms. The second-order valence-electron chi connectivity index (χ2n) is 6.24. The van der Waals surface area contributed by atoms with Crippen molar-refractivity contribution in [1.29, 1.82) is 0 Å². The molecule has 2 bridgehead atoms. The van der Waals surface area contributed by atoms with Crippen LogP contribution in [-0.4, -0.2) is 27.2 Å². The van der Waals surface area contributed by atoms with E-state index in [1.807, 2.05) is 11.6 Å². The molecule has 2 saturated carbocycles. The van der Waals surface area contributed by atoms with Gasteiger partial charge in [0.1, 0.15) is 5.82 Å². The van der Waals surface area contributed by atoms with Crippen LogP contribution >= 0.6 is 12.2 Å². The van der Waals surface area contributed by atoms with Crippen LogP contribution in [0.1, 0.15) is 37.9 Å². The molecular weight excluding hydrogens is 272 g/mol. The van der Waals surface area contributed by atoms with E-state index in [1.165, 1.54) is 25.7 Å². The first-order valence-corrected chi connectivity index (χ1v) is 7.91. The van der Waals surface area contributed by atoms with Crippen molar-refractivity contribution in [2.75, 3.05) is 6.54 Å². The van der Waals surface area contributed by atoms with Gasteiger partial charge in [0, 0.05) is 26.4 Å². The highest BCUT2D eigenvalue weighted by Gasteiger charge is 2.39. The van der Waals surface area contributed by atoms with Crippen molar-refractivity contribution in [3.8, 4) is 0 Å². The maximum absolute atomic E-state index is 12.0. The maximum atomic E-state index is 12.0. The molecule has 3 rings (SSSR count). The Kier molecular flexibility index (Phi) is 3.92. The first-order chi connectivity index (χ1) is 9.63. The summed E-state index contributed by atoms with van der Waals surface area (Å²) in [6.07, 6.45) is 6.79. The molecule has 1 amide bonds. The monoisotopic (exact) mass is 294 g/mol. The number of amides is 1. The molecule has 0 aromatic carbocycles. The minimum absolute atomic E-state index is 0.194. The number of carbonyl (C=O) groups is 1. The molecule has 110 valence electrons. The highest BCUT2D eigenvalue weighted by molar-refractivity contribution is 7.71. The largest absolute Gasteiger partial charge is 0.356 e. The Morgan fingerprint density at radius 2 is 2.35 bits per heavy atom. The van der Waals surface area contributed by atoms with Gasteiger partial charge < -0.3 is 9.88 Å². The van der Waals surface area contributed by atoms with Crippen LogP contribution in [0.4, 0.5) is 0 Å². The fraction of sp³-hybridized carbons (Fsp3) is 0.786. The Bertz CT molecular complexity index is 550. The Morgan fingerprint density at radius 1 is 1.50 bits per heavy atom. The van der Waals surface area contributed by atoms with Gasteiger partial charge >= 0.3 is 0 Å². The van der Waals surface area contributed by atoms with Crippen LogP contribution in [0.25, 0.3) is 0 Å². The summed E-state index contributed by atoms with van der Waals surface area (Å²) in [6.45, 7) is 0.632. The van der Waals surface area contributed by atoms with Gasteiger partial charge in [0.05, 0.1) is 0 Å². The van der Waals surface area contributed by atoms with E-state index in [4.69, 9.17) is 12.2 Å². The van der Waals surface area contributed by atoms with Crippen molar-refractivity contribution in [2.24, 2.45) is 24.8 Å². The van der Waals surface area contributed by atoms with Crippen molar-refractivity contribution in [3.63, 3.8) is 0 Å². The minimum Gasteiger partial charge on any atom is -0.356 e. The molecule has 0 spiro atoms. The molecular formula is C14H22N4OS. The van der Waals surface area contributed by atoms with Gasteiger partial charge in [0.15, 0.2) is 4.77 Å². The van der Waals surface area contributed by atoms with Crippen LogP contribution in [0, 0.1) is 22.5 Å². The molecule has 1 aromatic heterocycles. The lowest BCUT2D eigenvalue weighted by Gasteiger charge is -2.20. The van der Waals surface area contributed by atoms with E-state index in [0.717, 1.165) is 17.7 Å². The van der Waals surface area contributed by atoms with Crippen LogP contribution < -0.4 is 5.32 Å². The van der Waals surface area contributed by atoms with Gasteiger partial charge in [0.25, 0.3) is 0 Å². The second kappa shape index (κ2) is 5.68. The van der Waals surface area contributed by atoms with Gasteiger partial charge in [-0.05, 0) is 49.2 Å².